The van der Waals surface area contributed by atoms with Gasteiger partial charge in [-0.3, -0.25) is 4.79 Å². The molecular formula is C23H28Cl2O3. The van der Waals surface area contributed by atoms with Crippen LogP contribution in [0.3, 0.4) is 0 Å². The Balaban J connectivity index is 2.04. The van der Waals surface area contributed by atoms with Crippen molar-refractivity contribution in [2.24, 2.45) is 10.8 Å². The topological polar surface area (TPSA) is 46.5 Å². The summed E-state index contributed by atoms with van der Waals surface area (Å²) < 4.78 is 5.39. The molecule has 1 aliphatic carbocycles. The van der Waals surface area contributed by atoms with Gasteiger partial charge in [-0.25, -0.2) is 0 Å². The van der Waals surface area contributed by atoms with Crippen molar-refractivity contribution >= 4 is 34.7 Å². The molecule has 0 unspecified atom stereocenters. The first kappa shape index (κ1) is 21.4. The predicted molar refractivity (Wildman–Crippen MR) is 114 cm³/mol. The first-order chi connectivity index (χ1) is 13.0. The number of aliphatic hydroxyl groups excluding tert-OH is 1. The Labute approximate surface area is 177 Å². The molecule has 1 fully saturated rings. The second kappa shape index (κ2) is 7.85. The average Bonchev–Trinajstić information content (AvgIpc) is 2.53. The number of carbonyl (C=O) groups excluding carboxylic acids is 1. The summed E-state index contributed by atoms with van der Waals surface area (Å²) in [6.45, 7) is 9.05. The van der Waals surface area contributed by atoms with Crippen molar-refractivity contribution in [3.8, 4) is 0 Å². The van der Waals surface area contributed by atoms with Crippen molar-refractivity contribution in [1.29, 1.82) is 0 Å². The third-order valence-corrected chi connectivity index (χ3v) is 6.30. The first-order valence-corrected chi connectivity index (χ1v) is 10.5. The van der Waals surface area contributed by atoms with E-state index in [4.69, 9.17) is 27.9 Å². The second-order valence-electron chi connectivity index (χ2n) is 9.40. The van der Waals surface area contributed by atoms with Crippen molar-refractivity contribution in [2.75, 3.05) is 0 Å². The molecule has 1 N–H and O–H groups in total. The predicted octanol–water partition coefficient (Wildman–Crippen LogP) is 6.22. The highest BCUT2D eigenvalue weighted by Crippen LogP contribution is 2.52. The van der Waals surface area contributed by atoms with E-state index in [0.717, 1.165) is 18.4 Å². The van der Waals surface area contributed by atoms with Crippen LogP contribution < -0.4 is 0 Å². The molecule has 0 saturated carbocycles. The van der Waals surface area contributed by atoms with Crippen molar-refractivity contribution in [3.05, 3.63) is 51.5 Å². The molecule has 1 saturated heterocycles. The Bertz CT molecular complexity index is 836. The van der Waals surface area contributed by atoms with E-state index in [1.54, 1.807) is 0 Å². The largest absolute Gasteiger partial charge is 0.458 e. The summed E-state index contributed by atoms with van der Waals surface area (Å²) in [5.41, 5.74) is 3.60. The van der Waals surface area contributed by atoms with E-state index < -0.39 is 12.2 Å². The second-order valence-corrected chi connectivity index (χ2v) is 10.2. The molecule has 1 heterocycles. The average molecular weight is 423 g/mol. The quantitative estimate of drug-likeness (QED) is 0.588. The van der Waals surface area contributed by atoms with Crippen LogP contribution >= 0.6 is 23.2 Å². The number of rotatable bonds is 3. The van der Waals surface area contributed by atoms with Gasteiger partial charge in [0.1, 0.15) is 6.10 Å². The van der Waals surface area contributed by atoms with Crippen LogP contribution in [-0.2, 0) is 9.53 Å². The summed E-state index contributed by atoms with van der Waals surface area (Å²) in [6, 6.07) is 5.77. The van der Waals surface area contributed by atoms with Crippen molar-refractivity contribution in [1.82, 2.24) is 0 Å². The number of aliphatic hydroxyl groups is 1. The van der Waals surface area contributed by atoms with Crippen molar-refractivity contribution in [3.63, 3.8) is 0 Å². The van der Waals surface area contributed by atoms with Gasteiger partial charge in [0.15, 0.2) is 0 Å². The van der Waals surface area contributed by atoms with Gasteiger partial charge in [0.05, 0.1) is 22.6 Å². The summed E-state index contributed by atoms with van der Waals surface area (Å²) in [4.78, 5) is 11.6. The normalized spacial score (nSPS) is 27.2. The summed E-state index contributed by atoms with van der Waals surface area (Å²) in [6.07, 6.45) is 5.40. The highest BCUT2D eigenvalue weighted by atomic mass is 35.5. The molecule has 1 aliphatic heterocycles. The summed E-state index contributed by atoms with van der Waals surface area (Å²) in [7, 11) is 0. The lowest BCUT2D eigenvalue weighted by molar-refractivity contribution is -0.156. The van der Waals surface area contributed by atoms with E-state index in [-0.39, 0.29) is 23.2 Å². The monoisotopic (exact) mass is 422 g/mol. The van der Waals surface area contributed by atoms with Gasteiger partial charge in [0.25, 0.3) is 0 Å². The zero-order valence-corrected chi connectivity index (χ0v) is 18.4. The lowest BCUT2D eigenvalue weighted by Crippen LogP contribution is -2.32. The van der Waals surface area contributed by atoms with Gasteiger partial charge < -0.3 is 9.84 Å². The van der Waals surface area contributed by atoms with Gasteiger partial charge in [-0.1, -0.05) is 63.0 Å². The maximum atomic E-state index is 11.6. The summed E-state index contributed by atoms with van der Waals surface area (Å²) >= 11 is 12.4. The SMILES string of the molecule is CC1(C)CC(c2ccc(Cl)c(Cl)c2)=C(/C=C/[C@@H]2C[C@@H](O)CC(=O)O2)C(C)(C)C1. The molecule has 0 radical (unpaired) electrons. The molecule has 152 valence electrons. The zero-order valence-electron chi connectivity index (χ0n) is 16.9. The summed E-state index contributed by atoms with van der Waals surface area (Å²) in [5, 5.41) is 11.0. The number of cyclic esters (lactones) is 1. The molecule has 0 aromatic heterocycles. The Hall–Kier alpha value is -1.29. The zero-order chi connectivity index (χ0) is 20.7. The van der Waals surface area contributed by atoms with Gasteiger partial charge in [-0.15, -0.1) is 0 Å². The molecule has 0 spiro atoms. The van der Waals surface area contributed by atoms with E-state index in [0.29, 0.717) is 16.5 Å². The minimum Gasteiger partial charge on any atom is -0.458 e. The molecule has 5 heteroatoms. The Morgan fingerprint density at radius 3 is 2.54 bits per heavy atom. The van der Waals surface area contributed by atoms with Crippen LogP contribution in [0.15, 0.2) is 35.9 Å². The van der Waals surface area contributed by atoms with Gasteiger partial charge in [0.2, 0.25) is 0 Å². The number of ether oxygens (including phenoxy) is 1. The Morgan fingerprint density at radius 1 is 1.18 bits per heavy atom. The number of allylic oxidation sites excluding steroid dienone is 3. The van der Waals surface area contributed by atoms with Crippen LogP contribution in [0, 0.1) is 10.8 Å². The lowest BCUT2D eigenvalue weighted by atomic mass is 9.61. The van der Waals surface area contributed by atoms with Crippen molar-refractivity contribution < 1.29 is 14.6 Å². The fourth-order valence-electron chi connectivity index (χ4n) is 4.73. The molecule has 3 rings (SSSR count). The van der Waals surface area contributed by atoms with Crippen LogP contribution in [0.25, 0.3) is 5.57 Å². The van der Waals surface area contributed by atoms with Crippen LogP contribution in [0.2, 0.25) is 10.0 Å². The number of esters is 1. The third-order valence-electron chi connectivity index (χ3n) is 5.57. The van der Waals surface area contributed by atoms with Crippen LogP contribution in [-0.4, -0.2) is 23.3 Å². The van der Waals surface area contributed by atoms with E-state index in [9.17, 15) is 9.90 Å². The van der Waals surface area contributed by atoms with Gasteiger partial charge in [0, 0.05) is 6.42 Å². The molecular weight excluding hydrogens is 395 g/mol. The maximum absolute atomic E-state index is 11.6. The standard InChI is InChI=1S/C23H28Cl2O3/c1-22(2)12-17(14-5-8-19(24)20(25)9-14)18(23(3,4)13-22)7-6-16-10-15(26)11-21(27)28-16/h5-9,15-16,26H,10-13H2,1-4H3/b7-6+/t15-,16-/m1/s1. The van der Waals surface area contributed by atoms with E-state index >= 15 is 0 Å². The molecule has 1 aromatic carbocycles. The Kier molecular flexibility index (Phi) is 6.01. The highest BCUT2D eigenvalue weighted by Gasteiger charge is 2.38. The number of benzene rings is 1. The molecule has 0 amide bonds. The fraction of sp³-hybridized carbons (Fsp3) is 0.522. The molecule has 2 aliphatic rings. The van der Waals surface area contributed by atoms with Crippen LogP contribution in [0.5, 0.6) is 0 Å². The third kappa shape index (κ3) is 4.82. The Morgan fingerprint density at radius 2 is 1.89 bits per heavy atom. The van der Waals surface area contributed by atoms with E-state index in [2.05, 4.69) is 33.8 Å². The number of hydrogen-bond donors (Lipinski definition) is 1. The smallest absolute Gasteiger partial charge is 0.309 e. The maximum Gasteiger partial charge on any atom is 0.309 e. The number of carbonyl (C=O) groups is 1. The number of halogens is 2. The van der Waals surface area contributed by atoms with Crippen LogP contribution in [0.1, 0.15) is 58.9 Å². The van der Waals surface area contributed by atoms with Crippen molar-refractivity contribution in [2.45, 2.75) is 65.6 Å². The molecule has 0 bridgehead atoms. The first-order valence-electron chi connectivity index (χ1n) is 9.72. The van der Waals surface area contributed by atoms with E-state index in [1.165, 1.54) is 11.1 Å². The minimum absolute atomic E-state index is 0.0585. The molecule has 2 atom stereocenters. The van der Waals surface area contributed by atoms with E-state index in [1.807, 2.05) is 24.3 Å². The summed E-state index contributed by atoms with van der Waals surface area (Å²) in [5.74, 6) is -0.351. The van der Waals surface area contributed by atoms with Gasteiger partial charge in [-0.2, -0.15) is 0 Å². The molecule has 28 heavy (non-hydrogen) atoms. The minimum atomic E-state index is -0.641. The fourth-order valence-corrected chi connectivity index (χ4v) is 5.03. The van der Waals surface area contributed by atoms with Gasteiger partial charge >= 0.3 is 5.97 Å². The lowest BCUT2D eigenvalue weighted by Gasteiger charge is -2.43. The molecule has 1 aromatic rings. The number of hydrogen-bond acceptors (Lipinski definition) is 3. The molecule has 3 nitrogen and oxygen atoms in total. The van der Waals surface area contributed by atoms with Gasteiger partial charge in [-0.05, 0) is 58.6 Å². The van der Waals surface area contributed by atoms with Crippen LogP contribution in [0.4, 0.5) is 0 Å². The highest BCUT2D eigenvalue weighted by molar-refractivity contribution is 6.42.